The fourth-order valence-corrected chi connectivity index (χ4v) is 4.47. The van der Waals surface area contributed by atoms with Crippen LogP contribution in [0.4, 0.5) is 0 Å². The zero-order chi connectivity index (χ0) is 22.2. The minimum atomic E-state index is -0.0500. The van der Waals surface area contributed by atoms with E-state index in [2.05, 4.69) is 17.1 Å². The Morgan fingerprint density at radius 1 is 1.03 bits per heavy atom. The molecule has 1 aliphatic rings. The molecule has 4 heterocycles. The number of aromatic nitrogens is 3. The largest absolute Gasteiger partial charge is 0.497 e. The minimum Gasteiger partial charge on any atom is -0.497 e. The van der Waals surface area contributed by atoms with Crippen LogP contribution in [0.3, 0.4) is 0 Å². The molecule has 1 aromatic carbocycles. The third kappa shape index (κ3) is 3.73. The van der Waals surface area contributed by atoms with Gasteiger partial charge >= 0.3 is 0 Å². The van der Waals surface area contributed by atoms with Crippen LogP contribution in [0.15, 0.2) is 60.9 Å². The van der Waals surface area contributed by atoms with Crippen LogP contribution < -0.4 is 4.74 Å². The van der Waals surface area contributed by atoms with Gasteiger partial charge in [-0.15, -0.1) is 0 Å². The van der Waals surface area contributed by atoms with Crippen molar-refractivity contribution in [2.45, 2.75) is 32.7 Å². The molecule has 1 atom stereocenters. The molecule has 6 heteroatoms. The molecule has 1 saturated heterocycles. The first-order valence-electron chi connectivity index (χ1n) is 10.9. The van der Waals surface area contributed by atoms with Crippen molar-refractivity contribution in [3.63, 3.8) is 0 Å². The molecule has 32 heavy (non-hydrogen) atoms. The highest BCUT2D eigenvalue weighted by atomic mass is 16.5. The maximum absolute atomic E-state index is 13.4. The van der Waals surface area contributed by atoms with E-state index >= 15 is 0 Å². The Morgan fingerprint density at radius 3 is 2.62 bits per heavy atom. The average molecular weight is 427 g/mol. The molecule has 6 nitrogen and oxygen atoms in total. The molecule has 1 amide bonds. The summed E-state index contributed by atoms with van der Waals surface area (Å²) in [6.07, 6.45) is 5.62. The van der Waals surface area contributed by atoms with E-state index in [1.165, 1.54) is 0 Å². The molecule has 0 spiro atoms. The fourth-order valence-electron chi connectivity index (χ4n) is 4.47. The number of likely N-dealkylation sites (tertiary alicyclic amines) is 1. The SMILES string of the molecule is COc1ccc(-c2cc(C)nc([C@H]3CCCN3C(=O)c3cn4ccc(C)cc4n3)c2)cc1. The number of carbonyl (C=O) groups is 1. The van der Waals surface area contributed by atoms with E-state index in [0.29, 0.717) is 12.2 Å². The summed E-state index contributed by atoms with van der Waals surface area (Å²) in [5, 5.41) is 0. The second-order valence-corrected chi connectivity index (χ2v) is 8.40. The Hall–Kier alpha value is -3.67. The second-order valence-electron chi connectivity index (χ2n) is 8.40. The monoisotopic (exact) mass is 426 g/mol. The Labute approximate surface area is 187 Å². The Bertz CT molecular complexity index is 1290. The van der Waals surface area contributed by atoms with Gasteiger partial charge < -0.3 is 14.0 Å². The highest BCUT2D eigenvalue weighted by Crippen LogP contribution is 2.34. The summed E-state index contributed by atoms with van der Waals surface area (Å²) in [5.41, 5.74) is 6.46. The molecule has 0 aliphatic carbocycles. The molecule has 0 N–H and O–H groups in total. The van der Waals surface area contributed by atoms with Crippen molar-refractivity contribution in [2.75, 3.05) is 13.7 Å². The number of nitrogens with zero attached hydrogens (tertiary/aromatic N) is 4. The van der Waals surface area contributed by atoms with Crippen molar-refractivity contribution in [1.82, 2.24) is 19.3 Å². The molecule has 5 rings (SSSR count). The van der Waals surface area contributed by atoms with Gasteiger partial charge in [0.2, 0.25) is 0 Å². The van der Waals surface area contributed by atoms with E-state index < -0.39 is 0 Å². The lowest BCUT2D eigenvalue weighted by Crippen LogP contribution is -2.31. The molecule has 1 fully saturated rings. The maximum Gasteiger partial charge on any atom is 0.274 e. The van der Waals surface area contributed by atoms with Gasteiger partial charge in [0.1, 0.15) is 17.1 Å². The van der Waals surface area contributed by atoms with Crippen molar-refractivity contribution in [3.05, 3.63) is 83.6 Å². The first-order chi connectivity index (χ1) is 15.5. The van der Waals surface area contributed by atoms with E-state index in [-0.39, 0.29) is 11.9 Å². The van der Waals surface area contributed by atoms with Gasteiger partial charge in [0.05, 0.1) is 18.8 Å². The Balaban J connectivity index is 1.46. The van der Waals surface area contributed by atoms with Gasteiger partial charge in [-0.05, 0) is 79.8 Å². The van der Waals surface area contributed by atoms with Crippen LogP contribution in [-0.4, -0.2) is 38.8 Å². The number of ether oxygens (including phenoxy) is 1. The van der Waals surface area contributed by atoms with Gasteiger partial charge in [0.15, 0.2) is 0 Å². The van der Waals surface area contributed by atoms with Crippen molar-refractivity contribution in [3.8, 4) is 16.9 Å². The third-order valence-corrected chi connectivity index (χ3v) is 6.09. The maximum atomic E-state index is 13.4. The highest BCUT2D eigenvalue weighted by molar-refractivity contribution is 5.93. The minimum absolute atomic E-state index is 0.0387. The second kappa shape index (κ2) is 8.11. The first-order valence-corrected chi connectivity index (χ1v) is 10.9. The molecule has 0 saturated carbocycles. The predicted octanol–water partition coefficient (Wildman–Crippen LogP) is 5.00. The molecule has 0 radical (unpaired) electrons. The topological polar surface area (TPSA) is 59.7 Å². The number of imidazole rings is 1. The summed E-state index contributed by atoms with van der Waals surface area (Å²) >= 11 is 0. The number of aryl methyl sites for hydroxylation is 2. The Morgan fingerprint density at radius 2 is 1.84 bits per heavy atom. The van der Waals surface area contributed by atoms with Gasteiger partial charge in [0, 0.05) is 24.6 Å². The number of hydrogen-bond donors (Lipinski definition) is 0. The van der Waals surface area contributed by atoms with Crippen LogP contribution in [0.1, 0.15) is 46.3 Å². The molecular formula is C26H26N4O2. The van der Waals surface area contributed by atoms with Crippen LogP contribution in [0.25, 0.3) is 16.8 Å². The predicted molar refractivity (Wildman–Crippen MR) is 124 cm³/mol. The number of carbonyl (C=O) groups excluding carboxylic acids is 1. The quantitative estimate of drug-likeness (QED) is 0.461. The molecular weight excluding hydrogens is 400 g/mol. The first kappa shape index (κ1) is 20.2. The van der Waals surface area contributed by atoms with Gasteiger partial charge in [-0.2, -0.15) is 0 Å². The van der Waals surface area contributed by atoms with Crippen molar-refractivity contribution in [1.29, 1.82) is 0 Å². The number of rotatable bonds is 4. The van der Waals surface area contributed by atoms with Crippen molar-refractivity contribution >= 4 is 11.6 Å². The summed E-state index contributed by atoms with van der Waals surface area (Å²) in [6.45, 7) is 4.74. The summed E-state index contributed by atoms with van der Waals surface area (Å²) in [4.78, 5) is 24.7. The van der Waals surface area contributed by atoms with E-state index in [0.717, 1.165) is 52.3 Å². The van der Waals surface area contributed by atoms with Crippen LogP contribution in [-0.2, 0) is 0 Å². The van der Waals surface area contributed by atoms with Gasteiger partial charge in [-0.25, -0.2) is 4.98 Å². The molecule has 1 aliphatic heterocycles. The zero-order valence-corrected chi connectivity index (χ0v) is 18.6. The van der Waals surface area contributed by atoms with Crippen molar-refractivity contribution in [2.24, 2.45) is 0 Å². The number of fused-ring (bicyclic) bond motifs is 1. The number of benzene rings is 1. The fraction of sp³-hybridized carbons (Fsp3) is 0.269. The number of amides is 1. The van der Waals surface area contributed by atoms with Gasteiger partial charge in [0.25, 0.3) is 5.91 Å². The zero-order valence-electron chi connectivity index (χ0n) is 18.6. The number of hydrogen-bond acceptors (Lipinski definition) is 4. The summed E-state index contributed by atoms with van der Waals surface area (Å²) < 4.78 is 7.18. The van der Waals surface area contributed by atoms with E-state index in [1.807, 2.05) is 71.9 Å². The number of pyridine rings is 2. The lowest BCUT2D eigenvalue weighted by molar-refractivity contribution is 0.0727. The third-order valence-electron chi connectivity index (χ3n) is 6.09. The summed E-state index contributed by atoms with van der Waals surface area (Å²) in [7, 11) is 1.67. The molecule has 4 aromatic rings. The molecule has 0 unspecified atom stereocenters. The van der Waals surface area contributed by atoms with Crippen LogP contribution >= 0.6 is 0 Å². The Kier molecular flexibility index (Phi) is 5.13. The van der Waals surface area contributed by atoms with Crippen LogP contribution in [0.5, 0.6) is 5.75 Å². The van der Waals surface area contributed by atoms with E-state index in [9.17, 15) is 4.79 Å². The molecule has 162 valence electrons. The summed E-state index contributed by atoms with van der Waals surface area (Å²) in [5.74, 6) is 0.790. The standard InChI is InChI=1S/C26H26N4O2/c1-17-10-12-29-16-23(28-25(29)13-17)26(31)30-11-4-5-24(30)22-15-20(14-18(2)27-22)19-6-8-21(32-3)9-7-19/h6-10,12-16,24H,4-5,11H2,1-3H3/t24-/m1/s1. The lowest BCUT2D eigenvalue weighted by atomic mass is 10.0. The smallest absolute Gasteiger partial charge is 0.274 e. The molecule has 0 bridgehead atoms. The van der Waals surface area contributed by atoms with Crippen LogP contribution in [0.2, 0.25) is 0 Å². The van der Waals surface area contributed by atoms with Gasteiger partial charge in [-0.3, -0.25) is 9.78 Å². The highest BCUT2D eigenvalue weighted by Gasteiger charge is 2.33. The average Bonchev–Trinajstić information content (AvgIpc) is 3.45. The van der Waals surface area contributed by atoms with E-state index in [1.54, 1.807) is 7.11 Å². The van der Waals surface area contributed by atoms with Gasteiger partial charge in [-0.1, -0.05) is 12.1 Å². The van der Waals surface area contributed by atoms with E-state index in [4.69, 9.17) is 9.72 Å². The van der Waals surface area contributed by atoms with Crippen LogP contribution in [0, 0.1) is 13.8 Å². The molecule has 3 aromatic heterocycles. The van der Waals surface area contributed by atoms with Crippen molar-refractivity contribution < 1.29 is 9.53 Å². The normalized spacial score (nSPS) is 16.0. The summed E-state index contributed by atoms with van der Waals surface area (Å²) in [6, 6.07) is 16.2. The number of methoxy groups -OCH3 is 1. The lowest BCUT2D eigenvalue weighted by Gasteiger charge is -2.24.